The molecule has 0 bridgehead atoms. The van der Waals surface area contributed by atoms with Crippen LogP contribution in [-0.2, 0) is 0 Å². The van der Waals surface area contributed by atoms with Crippen molar-refractivity contribution in [2.75, 3.05) is 5.32 Å². The van der Waals surface area contributed by atoms with Crippen LogP contribution in [0.1, 0.15) is 35.7 Å². The molecular weight excluding hydrogens is 338 g/mol. The maximum Gasteiger partial charge on any atom is 0.138 e. The predicted molar refractivity (Wildman–Crippen MR) is 85.9 cm³/mol. The molecule has 1 aliphatic rings. The molecular formula is C15H15BrClN3. The highest BCUT2D eigenvalue weighted by atomic mass is 79.9. The van der Waals surface area contributed by atoms with Crippen molar-refractivity contribution in [2.24, 2.45) is 0 Å². The summed E-state index contributed by atoms with van der Waals surface area (Å²) in [6, 6.07) is 6.13. The highest BCUT2D eigenvalue weighted by molar-refractivity contribution is 9.10. The molecule has 1 aromatic carbocycles. The smallest absolute Gasteiger partial charge is 0.138 e. The van der Waals surface area contributed by atoms with Crippen LogP contribution in [0.5, 0.6) is 0 Å². The van der Waals surface area contributed by atoms with Crippen LogP contribution >= 0.6 is 27.5 Å². The van der Waals surface area contributed by atoms with Crippen LogP contribution in [0.3, 0.4) is 0 Å². The van der Waals surface area contributed by atoms with E-state index in [2.05, 4.69) is 44.2 Å². The summed E-state index contributed by atoms with van der Waals surface area (Å²) in [7, 11) is 0. The van der Waals surface area contributed by atoms with Crippen molar-refractivity contribution in [3.63, 3.8) is 0 Å². The Kier molecular flexibility index (Phi) is 3.69. The molecule has 1 heterocycles. The molecule has 5 heteroatoms. The third kappa shape index (κ3) is 2.81. The number of hydrogen-bond acceptors (Lipinski definition) is 3. The van der Waals surface area contributed by atoms with Gasteiger partial charge in [-0.2, -0.15) is 0 Å². The molecule has 0 unspecified atom stereocenters. The zero-order valence-electron chi connectivity index (χ0n) is 11.4. The summed E-state index contributed by atoms with van der Waals surface area (Å²) in [6.45, 7) is 4.00. The molecule has 0 atom stereocenters. The molecule has 1 N–H and O–H groups in total. The van der Waals surface area contributed by atoms with Crippen molar-refractivity contribution in [3.05, 3.63) is 44.8 Å². The van der Waals surface area contributed by atoms with E-state index in [1.165, 1.54) is 0 Å². The normalized spacial score (nSPS) is 14.4. The van der Waals surface area contributed by atoms with Crippen LogP contribution in [0.2, 0.25) is 5.15 Å². The predicted octanol–water partition coefficient (Wildman–Crippen LogP) is 5.13. The number of anilines is 2. The Hall–Kier alpha value is -1.13. The Morgan fingerprint density at radius 3 is 2.70 bits per heavy atom. The number of nitrogens with one attached hydrogen (secondary N) is 1. The Bertz CT molecular complexity index is 668. The minimum Gasteiger partial charge on any atom is -0.340 e. The molecule has 3 nitrogen and oxygen atoms in total. The second-order valence-corrected chi connectivity index (χ2v) is 6.48. The highest BCUT2D eigenvalue weighted by Gasteiger charge is 2.28. The Morgan fingerprint density at radius 2 is 2.00 bits per heavy atom. The van der Waals surface area contributed by atoms with Gasteiger partial charge in [-0.1, -0.05) is 33.6 Å². The van der Waals surface area contributed by atoms with Crippen LogP contribution in [0.25, 0.3) is 0 Å². The molecule has 0 aliphatic heterocycles. The standard InChI is InChI=1S/C15H15BrClN3/c1-8-3-6-11(16)7-12(8)18-14-9(2)13(17)19-15(20-14)10-4-5-10/h3,6-7,10H,4-5H2,1-2H3,(H,18,19,20). The fraction of sp³-hybridized carbons (Fsp3) is 0.333. The number of benzene rings is 1. The first kappa shape index (κ1) is 13.8. The van der Waals surface area contributed by atoms with E-state index in [9.17, 15) is 0 Å². The van der Waals surface area contributed by atoms with Gasteiger partial charge < -0.3 is 5.32 Å². The van der Waals surface area contributed by atoms with Gasteiger partial charge in [-0.15, -0.1) is 0 Å². The topological polar surface area (TPSA) is 37.8 Å². The minimum atomic E-state index is 0.484. The summed E-state index contributed by atoms with van der Waals surface area (Å²) < 4.78 is 1.03. The zero-order chi connectivity index (χ0) is 14.3. The number of nitrogens with zero attached hydrogens (tertiary/aromatic N) is 2. The van der Waals surface area contributed by atoms with E-state index in [1.54, 1.807) is 0 Å². The van der Waals surface area contributed by atoms with E-state index in [-0.39, 0.29) is 0 Å². The molecule has 0 spiro atoms. The van der Waals surface area contributed by atoms with Gasteiger partial charge in [0.15, 0.2) is 0 Å². The summed E-state index contributed by atoms with van der Waals surface area (Å²) in [4.78, 5) is 9.02. The molecule has 1 aromatic heterocycles. The Labute approximate surface area is 131 Å². The second kappa shape index (κ2) is 5.34. The fourth-order valence-corrected chi connectivity index (χ4v) is 2.54. The fourth-order valence-electron chi connectivity index (χ4n) is 2.01. The first-order valence-electron chi connectivity index (χ1n) is 6.62. The maximum absolute atomic E-state index is 6.23. The summed E-state index contributed by atoms with van der Waals surface area (Å²) in [5.41, 5.74) is 3.07. The van der Waals surface area contributed by atoms with Gasteiger partial charge in [0.1, 0.15) is 16.8 Å². The van der Waals surface area contributed by atoms with Gasteiger partial charge >= 0.3 is 0 Å². The van der Waals surface area contributed by atoms with E-state index in [1.807, 2.05) is 19.1 Å². The molecule has 1 fully saturated rings. The van der Waals surface area contributed by atoms with E-state index in [0.29, 0.717) is 11.1 Å². The van der Waals surface area contributed by atoms with Gasteiger partial charge in [-0.25, -0.2) is 9.97 Å². The number of aryl methyl sites for hydroxylation is 1. The number of rotatable bonds is 3. The van der Waals surface area contributed by atoms with Gasteiger partial charge in [0.2, 0.25) is 0 Å². The summed E-state index contributed by atoms with van der Waals surface area (Å²) >= 11 is 9.72. The molecule has 0 saturated heterocycles. The summed E-state index contributed by atoms with van der Waals surface area (Å²) in [6.07, 6.45) is 2.32. The lowest BCUT2D eigenvalue weighted by Crippen LogP contribution is -2.04. The summed E-state index contributed by atoms with van der Waals surface area (Å²) in [5, 5.41) is 3.92. The molecule has 2 aromatic rings. The minimum absolute atomic E-state index is 0.484. The number of halogens is 2. The molecule has 20 heavy (non-hydrogen) atoms. The largest absolute Gasteiger partial charge is 0.340 e. The Balaban J connectivity index is 1.99. The van der Waals surface area contributed by atoms with Crippen molar-refractivity contribution in [3.8, 4) is 0 Å². The van der Waals surface area contributed by atoms with Crippen LogP contribution < -0.4 is 5.32 Å². The van der Waals surface area contributed by atoms with Crippen molar-refractivity contribution in [2.45, 2.75) is 32.6 Å². The lowest BCUT2D eigenvalue weighted by Gasteiger charge is -2.13. The Morgan fingerprint density at radius 1 is 1.25 bits per heavy atom. The number of aromatic nitrogens is 2. The maximum atomic E-state index is 6.23. The van der Waals surface area contributed by atoms with Gasteiger partial charge in [0.05, 0.1) is 0 Å². The van der Waals surface area contributed by atoms with E-state index < -0.39 is 0 Å². The van der Waals surface area contributed by atoms with Gasteiger partial charge in [-0.3, -0.25) is 0 Å². The van der Waals surface area contributed by atoms with E-state index in [4.69, 9.17) is 11.6 Å². The van der Waals surface area contributed by atoms with Gasteiger partial charge in [0.25, 0.3) is 0 Å². The van der Waals surface area contributed by atoms with Crippen LogP contribution in [0, 0.1) is 13.8 Å². The van der Waals surface area contributed by atoms with Crippen LogP contribution in [-0.4, -0.2) is 9.97 Å². The SMILES string of the molecule is Cc1ccc(Br)cc1Nc1nc(C2CC2)nc(Cl)c1C. The molecule has 0 amide bonds. The molecule has 1 aliphatic carbocycles. The van der Waals surface area contributed by atoms with E-state index >= 15 is 0 Å². The third-order valence-corrected chi connectivity index (χ3v) is 4.36. The van der Waals surface area contributed by atoms with Crippen molar-refractivity contribution >= 4 is 39.0 Å². The number of hydrogen-bond donors (Lipinski definition) is 1. The first-order valence-corrected chi connectivity index (χ1v) is 7.79. The molecule has 3 rings (SSSR count). The van der Waals surface area contributed by atoms with E-state index in [0.717, 1.165) is 45.8 Å². The monoisotopic (exact) mass is 351 g/mol. The third-order valence-electron chi connectivity index (χ3n) is 3.50. The molecule has 104 valence electrons. The quantitative estimate of drug-likeness (QED) is 0.778. The van der Waals surface area contributed by atoms with Crippen molar-refractivity contribution in [1.29, 1.82) is 0 Å². The lowest BCUT2D eigenvalue weighted by molar-refractivity contribution is 0.921. The van der Waals surface area contributed by atoms with Crippen molar-refractivity contribution in [1.82, 2.24) is 9.97 Å². The average molecular weight is 353 g/mol. The summed E-state index contributed by atoms with van der Waals surface area (Å²) in [5.74, 6) is 2.14. The van der Waals surface area contributed by atoms with Gasteiger partial charge in [0, 0.05) is 21.6 Å². The lowest BCUT2D eigenvalue weighted by atomic mass is 10.2. The first-order chi connectivity index (χ1) is 9.54. The second-order valence-electron chi connectivity index (χ2n) is 5.20. The van der Waals surface area contributed by atoms with Crippen LogP contribution in [0.4, 0.5) is 11.5 Å². The molecule has 0 radical (unpaired) electrons. The van der Waals surface area contributed by atoms with Gasteiger partial charge in [-0.05, 0) is 44.4 Å². The average Bonchev–Trinajstić information content (AvgIpc) is 3.23. The van der Waals surface area contributed by atoms with Crippen LogP contribution in [0.15, 0.2) is 22.7 Å². The molecule has 1 saturated carbocycles. The zero-order valence-corrected chi connectivity index (χ0v) is 13.7. The van der Waals surface area contributed by atoms with Crippen molar-refractivity contribution < 1.29 is 0 Å². The highest BCUT2D eigenvalue weighted by Crippen LogP contribution is 2.40.